The summed E-state index contributed by atoms with van der Waals surface area (Å²) in [6.45, 7) is 6.05. The molecule has 3 rings (SSSR count). The van der Waals surface area contributed by atoms with E-state index in [9.17, 15) is 8.42 Å². The van der Waals surface area contributed by atoms with Gasteiger partial charge in [-0.1, -0.05) is 41.7 Å². The molecule has 0 saturated heterocycles. The monoisotopic (exact) mass is 408 g/mol. The Morgan fingerprint density at radius 1 is 1.07 bits per heavy atom. The molecule has 0 atom stereocenters. The Bertz CT molecular complexity index is 836. The quantitative estimate of drug-likeness (QED) is 0.757. The number of aromatic nitrogens is 2. The summed E-state index contributed by atoms with van der Waals surface area (Å²) in [5.74, 6) is 0.532. The molecule has 0 radical (unpaired) electrons. The lowest BCUT2D eigenvalue weighted by Gasteiger charge is -2.31. The minimum Gasteiger partial charge on any atom is -0.360 e. The Balaban J connectivity index is 1.46. The van der Waals surface area contributed by atoms with Gasteiger partial charge in [0.05, 0.1) is 4.75 Å². The van der Waals surface area contributed by atoms with Crippen LogP contribution in [0.5, 0.6) is 0 Å². The van der Waals surface area contributed by atoms with E-state index in [4.69, 9.17) is 0 Å². The van der Waals surface area contributed by atoms with Gasteiger partial charge in [-0.05, 0) is 52.4 Å². The average molecular weight is 409 g/mol. The first-order valence-corrected chi connectivity index (χ1v) is 11.7. The average Bonchev–Trinajstić information content (AvgIpc) is 3.10. The van der Waals surface area contributed by atoms with E-state index in [2.05, 4.69) is 20.2 Å². The van der Waals surface area contributed by atoms with E-state index in [-0.39, 0.29) is 6.04 Å². The molecule has 8 heteroatoms. The Morgan fingerprint density at radius 2 is 1.74 bits per heavy atom. The zero-order chi connectivity index (χ0) is 19.5. The molecule has 1 aromatic heterocycles. The topological polar surface area (TPSA) is 84.0 Å². The van der Waals surface area contributed by atoms with Crippen molar-refractivity contribution in [3.05, 3.63) is 30.3 Å². The normalized spacial score (nSPS) is 21.1. The molecule has 0 bridgehead atoms. The summed E-state index contributed by atoms with van der Waals surface area (Å²) in [6.07, 6.45) is 3.78. The summed E-state index contributed by atoms with van der Waals surface area (Å²) < 4.78 is 26.7. The van der Waals surface area contributed by atoms with Crippen molar-refractivity contribution in [3.63, 3.8) is 0 Å². The van der Waals surface area contributed by atoms with Gasteiger partial charge in [-0.2, -0.15) is 0 Å². The van der Waals surface area contributed by atoms with Crippen molar-refractivity contribution in [2.45, 2.75) is 57.2 Å². The number of nitrogens with zero attached hydrogens (tertiary/aromatic N) is 2. The lowest BCUT2D eigenvalue weighted by atomic mass is 9.86. The van der Waals surface area contributed by atoms with Crippen molar-refractivity contribution < 1.29 is 8.42 Å². The highest BCUT2D eigenvalue weighted by Crippen LogP contribution is 2.29. The summed E-state index contributed by atoms with van der Waals surface area (Å²) in [5.41, 5.74) is 1.08. The maximum Gasteiger partial charge on any atom is 0.216 e. The van der Waals surface area contributed by atoms with Crippen molar-refractivity contribution in [3.8, 4) is 10.6 Å². The van der Waals surface area contributed by atoms with Gasteiger partial charge in [0.1, 0.15) is 5.01 Å². The molecular formula is C19H28N4O2S2. The molecule has 1 aliphatic rings. The highest BCUT2D eigenvalue weighted by atomic mass is 32.2. The van der Waals surface area contributed by atoms with E-state index in [1.165, 1.54) is 0 Å². The van der Waals surface area contributed by atoms with E-state index in [0.29, 0.717) is 5.92 Å². The van der Waals surface area contributed by atoms with Gasteiger partial charge in [-0.3, -0.25) is 0 Å². The summed E-state index contributed by atoms with van der Waals surface area (Å²) in [5, 5.41) is 13.6. The van der Waals surface area contributed by atoms with E-state index in [1.54, 1.807) is 32.1 Å². The van der Waals surface area contributed by atoms with Gasteiger partial charge < -0.3 is 5.32 Å². The largest absolute Gasteiger partial charge is 0.360 e. The number of anilines is 1. The van der Waals surface area contributed by atoms with Crippen LogP contribution in [0, 0.1) is 5.92 Å². The highest BCUT2D eigenvalue weighted by molar-refractivity contribution is 7.90. The van der Waals surface area contributed by atoms with Crippen LogP contribution in [0.1, 0.15) is 46.5 Å². The van der Waals surface area contributed by atoms with Crippen molar-refractivity contribution in [1.82, 2.24) is 14.9 Å². The third kappa shape index (κ3) is 5.27. The Kier molecular flexibility index (Phi) is 6.18. The highest BCUT2D eigenvalue weighted by Gasteiger charge is 2.32. The van der Waals surface area contributed by atoms with Gasteiger partial charge in [0.15, 0.2) is 0 Å². The van der Waals surface area contributed by atoms with Crippen molar-refractivity contribution in [2.24, 2.45) is 5.92 Å². The smallest absolute Gasteiger partial charge is 0.216 e. The predicted octanol–water partition coefficient (Wildman–Crippen LogP) is 3.89. The molecule has 0 spiro atoms. The third-order valence-corrected chi connectivity index (χ3v) is 8.15. The van der Waals surface area contributed by atoms with Crippen molar-refractivity contribution in [2.75, 3.05) is 11.9 Å². The van der Waals surface area contributed by atoms with Gasteiger partial charge in [0, 0.05) is 18.2 Å². The van der Waals surface area contributed by atoms with Crippen molar-refractivity contribution in [1.29, 1.82) is 0 Å². The lowest BCUT2D eigenvalue weighted by molar-refractivity contribution is 0.322. The van der Waals surface area contributed by atoms with Crippen LogP contribution in [0.3, 0.4) is 0 Å². The van der Waals surface area contributed by atoms with E-state index in [1.807, 2.05) is 30.3 Å². The molecule has 148 valence electrons. The van der Waals surface area contributed by atoms with E-state index >= 15 is 0 Å². The third-order valence-electron chi connectivity index (χ3n) is 4.96. The fourth-order valence-electron chi connectivity index (χ4n) is 3.10. The minimum absolute atomic E-state index is 0.0525. The van der Waals surface area contributed by atoms with Gasteiger partial charge >= 0.3 is 0 Å². The van der Waals surface area contributed by atoms with Gasteiger partial charge in [-0.25, -0.2) is 13.1 Å². The molecule has 2 N–H and O–H groups in total. The van der Waals surface area contributed by atoms with E-state index < -0.39 is 14.8 Å². The van der Waals surface area contributed by atoms with Crippen LogP contribution in [-0.4, -0.2) is 35.9 Å². The zero-order valence-corrected chi connectivity index (χ0v) is 17.7. The molecule has 1 heterocycles. The number of rotatable bonds is 6. The lowest BCUT2D eigenvalue weighted by Crippen LogP contribution is -2.46. The molecule has 1 aliphatic carbocycles. The van der Waals surface area contributed by atoms with Gasteiger partial charge in [-0.15, -0.1) is 10.2 Å². The van der Waals surface area contributed by atoms with Gasteiger partial charge in [0.2, 0.25) is 15.2 Å². The van der Waals surface area contributed by atoms with Crippen LogP contribution in [0.2, 0.25) is 0 Å². The summed E-state index contributed by atoms with van der Waals surface area (Å²) >= 11 is 1.56. The maximum atomic E-state index is 12.3. The molecule has 6 nitrogen and oxygen atoms in total. The molecule has 1 saturated carbocycles. The molecular weight excluding hydrogens is 380 g/mol. The zero-order valence-electron chi connectivity index (χ0n) is 16.1. The number of nitrogens with one attached hydrogen (secondary N) is 2. The molecule has 0 unspecified atom stereocenters. The molecule has 27 heavy (non-hydrogen) atoms. The summed E-state index contributed by atoms with van der Waals surface area (Å²) in [6, 6.07) is 10.1. The van der Waals surface area contributed by atoms with Crippen LogP contribution in [-0.2, 0) is 10.0 Å². The first-order chi connectivity index (χ1) is 12.7. The summed E-state index contributed by atoms with van der Waals surface area (Å²) in [4.78, 5) is 0. The number of hydrogen-bond donors (Lipinski definition) is 2. The second-order valence-corrected chi connectivity index (χ2v) is 11.6. The Hall–Kier alpha value is -1.51. The predicted molar refractivity (Wildman–Crippen MR) is 111 cm³/mol. The molecule has 0 amide bonds. The minimum atomic E-state index is -3.28. The SMILES string of the molecule is CC(C)(C)S(=O)(=O)N[C@H]1CC[C@H](CNc2nnc(-c3ccccc3)s2)CC1. The summed E-state index contributed by atoms with van der Waals surface area (Å²) in [7, 11) is -3.28. The van der Waals surface area contributed by atoms with Crippen LogP contribution in [0.25, 0.3) is 10.6 Å². The van der Waals surface area contributed by atoms with Crippen LogP contribution < -0.4 is 10.0 Å². The fraction of sp³-hybridized carbons (Fsp3) is 0.579. The van der Waals surface area contributed by atoms with Crippen molar-refractivity contribution >= 4 is 26.5 Å². The number of benzene rings is 1. The standard InChI is InChI=1S/C19H28N4O2S2/c1-19(2,3)27(24,25)23-16-11-9-14(10-12-16)13-20-18-22-21-17(26-18)15-7-5-4-6-8-15/h4-8,14,16,23H,9-13H2,1-3H3,(H,20,22)/t14-,16-. The van der Waals surface area contributed by atoms with Crippen LogP contribution >= 0.6 is 11.3 Å². The van der Waals surface area contributed by atoms with E-state index in [0.717, 1.165) is 47.9 Å². The fourth-order valence-corrected chi connectivity index (χ4v) is 4.89. The Morgan fingerprint density at radius 3 is 2.37 bits per heavy atom. The molecule has 1 aromatic carbocycles. The molecule has 2 aromatic rings. The second-order valence-electron chi connectivity index (χ2n) is 8.11. The molecule has 0 aliphatic heterocycles. The van der Waals surface area contributed by atoms with Crippen LogP contribution in [0.15, 0.2) is 30.3 Å². The first-order valence-electron chi connectivity index (χ1n) is 9.39. The first kappa shape index (κ1) is 20.2. The van der Waals surface area contributed by atoms with Gasteiger partial charge in [0.25, 0.3) is 0 Å². The Labute approximate surface area is 165 Å². The number of hydrogen-bond acceptors (Lipinski definition) is 6. The molecule has 1 fully saturated rings. The second kappa shape index (κ2) is 8.24. The van der Waals surface area contributed by atoms with Crippen LogP contribution in [0.4, 0.5) is 5.13 Å². The number of sulfonamides is 1. The maximum absolute atomic E-state index is 12.3.